The van der Waals surface area contributed by atoms with E-state index in [-0.39, 0.29) is 29.8 Å². The topological polar surface area (TPSA) is 104 Å². The van der Waals surface area contributed by atoms with E-state index in [2.05, 4.69) is 33.6 Å². The lowest BCUT2D eigenvalue weighted by molar-refractivity contribution is -0.132. The zero-order chi connectivity index (χ0) is 25.1. The average Bonchev–Trinajstić information content (AvgIpc) is 3.32. The molecule has 1 saturated heterocycles. The van der Waals surface area contributed by atoms with Crippen molar-refractivity contribution in [1.29, 1.82) is 0 Å². The highest BCUT2D eigenvalue weighted by molar-refractivity contribution is 5.81. The van der Waals surface area contributed by atoms with E-state index >= 15 is 0 Å². The molecule has 1 aliphatic heterocycles. The lowest BCUT2D eigenvalue weighted by atomic mass is 9.81. The number of carbonyl (C=O) groups is 2. The molecule has 2 aromatic heterocycles. The van der Waals surface area contributed by atoms with Gasteiger partial charge in [-0.25, -0.2) is 0 Å². The number of nitrogens with zero attached hydrogens (tertiary/aromatic N) is 2. The van der Waals surface area contributed by atoms with Crippen LogP contribution in [0.25, 0.3) is 11.0 Å². The Labute approximate surface area is 212 Å². The SMILES string of the molecule is Cc1cccc(CC(=O)N2CCC(C(N[C@H]3CC[C@H](c4c[nH]c5cccnc54)CC3)C(N)=O)CC2)c1. The van der Waals surface area contributed by atoms with Gasteiger partial charge < -0.3 is 20.9 Å². The monoisotopic (exact) mass is 487 g/mol. The number of rotatable bonds is 7. The van der Waals surface area contributed by atoms with Crippen LogP contribution in [0.1, 0.15) is 61.1 Å². The summed E-state index contributed by atoms with van der Waals surface area (Å²) in [6.45, 7) is 3.41. The highest BCUT2D eigenvalue weighted by Crippen LogP contribution is 2.36. The molecule has 1 aliphatic carbocycles. The van der Waals surface area contributed by atoms with Crippen LogP contribution >= 0.6 is 0 Å². The summed E-state index contributed by atoms with van der Waals surface area (Å²) in [6, 6.07) is 12.1. The number of piperidine rings is 1. The van der Waals surface area contributed by atoms with Crippen LogP contribution in [-0.2, 0) is 16.0 Å². The standard InChI is InChI=1S/C29H37N5O2/c1-19-4-2-5-20(16-19)17-26(35)34-14-11-22(12-15-34)27(29(30)36)33-23-9-7-21(8-10-23)24-18-32-25-6-3-13-31-28(24)25/h2-6,13,16,18,21-23,27,32-33H,7-12,14-15,17H2,1H3,(H2,30,36)/t21-,23-,27?. The van der Waals surface area contributed by atoms with Crippen LogP contribution in [0.2, 0.25) is 0 Å². The van der Waals surface area contributed by atoms with Crippen molar-refractivity contribution < 1.29 is 9.59 Å². The van der Waals surface area contributed by atoms with Gasteiger partial charge in [-0.3, -0.25) is 14.6 Å². The minimum Gasteiger partial charge on any atom is -0.368 e. The lowest BCUT2D eigenvalue weighted by Crippen LogP contribution is -2.54. The van der Waals surface area contributed by atoms with Gasteiger partial charge in [0.25, 0.3) is 0 Å². The van der Waals surface area contributed by atoms with Crippen molar-refractivity contribution in [3.05, 3.63) is 65.5 Å². The molecule has 4 N–H and O–H groups in total. The van der Waals surface area contributed by atoms with E-state index in [1.807, 2.05) is 42.3 Å². The first kappa shape index (κ1) is 24.5. The van der Waals surface area contributed by atoms with Gasteiger partial charge in [0.2, 0.25) is 11.8 Å². The summed E-state index contributed by atoms with van der Waals surface area (Å²) in [5.41, 5.74) is 11.6. The number of nitrogens with one attached hydrogen (secondary N) is 2. The maximum absolute atomic E-state index is 12.8. The van der Waals surface area contributed by atoms with Gasteiger partial charge in [-0.15, -0.1) is 0 Å². The summed E-state index contributed by atoms with van der Waals surface area (Å²) in [4.78, 5) is 35.1. The number of primary amides is 1. The van der Waals surface area contributed by atoms with Crippen LogP contribution in [0, 0.1) is 12.8 Å². The van der Waals surface area contributed by atoms with Crippen LogP contribution < -0.4 is 11.1 Å². The Hall–Kier alpha value is -3.19. The Balaban J connectivity index is 1.13. The van der Waals surface area contributed by atoms with Crippen molar-refractivity contribution in [3.8, 4) is 0 Å². The largest absolute Gasteiger partial charge is 0.368 e. The molecular formula is C29H37N5O2. The number of fused-ring (bicyclic) bond motifs is 1. The third-order valence-corrected chi connectivity index (χ3v) is 8.15. The number of hydrogen-bond acceptors (Lipinski definition) is 4. The van der Waals surface area contributed by atoms with Crippen LogP contribution in [0.4, 0.5) is 0 Å². The van der Waals surface area contributed by atoms with E-state index in [0.29, 0.717) is 25.4 Å². The van der Waals surface area contributed by atoms with Gasteiger partial charge in [-0.2, -0.15) is 0 Å². The number of amides is 2. The van der Waals surface area contributed by atoms with Gasteiger partial charge >= 0.3 is 0 Å². The van der Waals surface area contributed by atoms with E-state index in [4.69, 9.17) is 5.73 Å². The number of benzene rings is 1. The van der Waals surface area contributed by atoms with E-state index < -0.39 is 0 Å². The van der Waals surface area contributed by atoms with Crippen molar-refractivity contribution >= 4 is 22.8 Å². The second kappa shape index (κ2) is 10.8. The molecule has 1 atom stereocenters. The van der Waals surface area contributed by atoms with Gasteiger partial charge in [0.05, 0.1) is 23.5 Å². The normalized spacial score (nSPS) is 22.0. The summed E-state index contributed by atoms with van der Waals surface area (Å²) in [5, 5.41) is 3.62. The number of carbonyl (C=O) groups excluding carboxylic acids is 2. The predicted octanol–water partition coefficient (Wildman–Crippen LogP) is 3.82. The van der Waals surface area contributed by atoms with Gasteiger partial charge in [0, 0.05) is 31.5 Å². The van der Waals surface area contributed by atoms with Crippen LogP contribution in [0.3, 0.4) is 0 Å². The van der Waals surface area contributed by atoms with E-state index in [0.717, 1.165) is 55.1 Å². The van der Waals surface area contributed by atoms with Crippen molar-refractivity contribution in [3.63, 3.8) is 0 Å². The molecule has 1 aromatic carbocycles. The number of pyridine rings is 1. The predicted molar refractivity (Wildman–Crippen MR) is 141 cm³/mol. The zero-order valence-electron chi connectivity index (χ0n) is 21.1. The zero-order valence-corrected chi connectivity index (χ0v) is 21.1. The van der Waals surface area contributed by atoms with Gasteiger partial charge in [0.1, 0.15) is 0 Å². The molecule has 3 aromatic rings. The highest BCUT2D eigenvalue weighted by atomic mass is 16.2. The van der Waals surface area contributed by atoms with E-state index in [9.17, 15) is 9.59 Å². The number of aryl methyl sites for hydroxylation is 1. The minimum atomic E-state index is -0.338. The fourth-order valence-corrected chi connectivity index (χ4v) is 6.15. The summed E-state index contributed by atoms with van der Waals surface area (Å²) >= 11 is 0. The third-order valence-electron chi connectivity index (χ3n) is 8.15. The molecule has 7 nitrogen and oxygen atoms in total. The van der Waals surface area contributed by atoms with E-state index in [1.54, 1.807) is 0 Å². The molecule has 36 heavy (non-hydrogen) atoms. The number of aromatic amines is 1. The fourth-order valence-electron chi connectivity index (χ4n) is 6.15. The molecule has 0 radical (unpaired) electrons. The maximum Gasteiger partial charge on any atom is 0.234 e. The van der Waals surface area contributed by atoms with Crippen molar-refractivity contribution in [2.45, 2.75) is 69.9 Å². The maximum atomic E-state index is 12.8. The Bertz CT molecular complexity index is 1210. The lowest BCUT2D eigenvalue weighted by Gasteiger charge is -2.38. The first-order valence-electron chi connectivity index (χ1n) is 13.3. The van der Waals surface area contributed by atoms with Crippen molar-refractivity contribution in [1.82, 2.24) is 20.2 Å². The first-order valence-corrected chi connectivity index (χ1v) is 13.3. The van der Waals surface area contributed by atoms with Crippen LogP contribution in [0.5, 0.6) is 0 Å². The Morgan fingerprint density at radius 1 is 1.11 bits per heavy atom. The fraction of sp³-hybridized carbons (Fsp3) is 0.483. The van der Waals surface area contributed by atoms with E-state index in [1.165, 1.54) is 11.1 Å². The second-order valence-corrected chi connectivity index (χ2v) is 10.6. The molecular weight excluding hydrogens is 450 g/mol. The Kier molecular flexibility index (Phi) is 7.37. The van der Waals surface area contributed by atoms with Crippen LogP contribution in [-0.4, -0.2) is 51.9 Å². The number of aromatic nitrogens is 2. The van der Waals surface area contributed by atoms with Crippen molar-refractivity contribution in [2.24, 2.45) is 11.7 Å². The van der Waals surface area contributed by atoms with Crippen LogP contribution in [0.15, 0.2) is 48.8 Å². The smallest absolute Gasteiger partial charge is 0.234 e. The third kappa shape index (κ3) is 5.46. The molecule has 0 bridgehead atoms. The van der Waals surface area contributed by atoms with Gasteiger partial charge in [0.15, 0.2) is 0 Å². The van der Waals surface area contributed by atoms with Gasteiger partial charge in [-0.1, -0.05) is 29.8 Å². The first-order chi connectivity index (χ1) is 17.5. The molecule has 5 rings (SSSR count). The second-order valence-electron chi connectivity index (χ2n) is 10.6. The molecule has 190 valence electrons. The minimum absolute atomic E-state index is 0.160. The number of likely N-dealkylation sites (tertiary alicyclic amines) is 1. The molecule has 2 fully saturated rings. The molecule has 3 heterocycles. The number of nitrogens with two attached hydrogens (primary N) is 1. The number of H-pyrrole nitrogens is 1. The summed E-state index contributed by atoms with van der Waals surface area (Å²) in [7, 11) is 0. The van der Waals surface area contributed by atoms with Gasteiger partial charge in [-0.05, 0) is 80.5 Å². The molecule has 2 aliphatic rings. The highest BCUT2D eigenvalue weighted by Gasteiger charge is 2.34. The molecule has 0 spiro atoms. The average molecular weight is 488 g/mol. The summed E-state index contributed by atoms with van der Waals surface area (Å²) in [5.74, 6) is 0.539. The van der Waals surface area contributed by atoms with Crippen molar-refractivity contribution in [2.75, 3.05) is 13.1 Å². The molecule has 7 heteroatoms. The number of hydrogen-bond donors (Lipinski definition) is 3. The Morgan fingerprint density at radius 2 is 1.89 bits per heavy atom. The summed E-state index contributed by atoms with van der Waals surface area (Å²) in [6.07, 6.45) is 10.2. The quantitative estimate of drug-likeness (QED) is 0.471. The Morgan fingerprint density at radius 3 is 2.61 bits per heavy atom. The molecule has 2 amide bonds. The molecule has 1 unspecified atom stereocenters. The molecule has 1 saturated carbocycles. The summed E-state index contributed by atoms with van der Waals surface area (Å²) < 4.78 is 0.